The van der Waals surface area contributed by atoms with Crippen LogP contribution >= 0.6 is 0 Å². The van der Waals surface area contributed by atoms with Crippen LogP contribution < -0.4 is 10.1 Å². The summed E-state index contributed by atoms with van der Waals surface area (Å²) in [6, 6.07) is 9.15. The van der Waals surface area contributed by atoms with Gasteiger partial charge in [-0.2, -0.15) is 0 Å². The van der Waals surface area contributed by atoms with Crippen LogP contribution in [0, 0.1) is 5.92 Å². The number of nitrogens with one attached hydrogen (secondary N) is 1. The molecule has 1 aliphatic carbocycles. The Morgan fingerprint density at radius 3 is 2.81 bits per heavy atom. The van der Waals surface area contributed by atoms with Crippen molar-refractivity contribution in [2.24, 2.45) is 5.92 Å². The van der Waals surface area contributed by atoms with Crippen molar-refractivity contribution in [3.05, 3.63) is 29.8 Å². The Kier molecular flexibility index (Phi) is 7.04. The highest BCUT2D eigenvalue weighted by atomic mass is 16.5. The first-order valence-electron chi connectivity index (χ1n) is 8.26. The lowest BCUT2D eigenvalue weighted by Crippen LogP contribution is -2.26. The number of benzene rings is 1. The summed E-state index contributed by atoms with van der Waals surface area (Å²) in [4.78, 5) is 0. The molecule has 0 bridgehead atoms. The molecule has 0 aromatic heterocycles. The van der Waals surface area contributed by atoms with Crippen molar-refractivity contribution >= 4 is 0 Å². The highest BCUT2D eigenvalue weighted by Gasteiger charge is 2.22. The van der Waals surface area contributed by atoms with Gasteiger partial charge in [-0.05, 0) is 63.1 Å². The van der Waals surface area contributed by atoms with E-state index in [0.717, 1.165) is 44.4 Å². The molecule has 0 amide bonds. The summed E-state index contributed by atoms with van der Waals surface area (Å²) in [7, 11) is 1.76. The molecule has 0 radical (unpaired) electrons. The average molecular weight is 291 g/mol. The van der Waals surface area contributed by atoms with E-state index >= 15 is 0 Å². The minimum Gasteiger partial charge on any atom is -0.496 e. The first-order chi connectivity index (χ1) is 10.3. The van der Waals surface area contributed by atoms with Gasteiger partial charge in [-0.3, -0.25) is 0 Å². The lowest BCUT2D eigenvalue weighted by atomic mass is 9.94. The second-order valence-electron chi connectivity index (χ2n) is 5.90. The Hall–Kier alpha value is -1.06. The maximum Gasteiger partial charge on any atom is 0.122 e. The Labute approximate surface area is 129 Å². The normalized spacial score (nSPS) is 15.9. The van der Waals surface area contributed by atoms with E-state index in [1.165, 1.54) is 24.8 Å². The van der Waals surface area contributed by atoms with Crippen LogP contribution in [0.25, 0.3) is 0 Å². The molecule has 1 aromatic carbocycles. The van der Waals surface area contributed by atoms with E-state index in [1.54, 1.807) is 7.11 Å². The van der Waals surface area contributed by atoms with Crippen molar-refractivity contribution in [3.8, 4) is 5.75 Å². The van der Waals surface area contributed by atoms with Gasteiger partial charge in [0.15, 0.2) is 0 Å². The van der Waals surface area contributed by atoms with E-state index in [2.05, 4.69) is 30.4 Å². The summed E-state index contributed by atoms with van der Waals surface area (Å²) < 4.78 is 11.0. The zero-order valence-electron chi connectivity index (χ0n) is 13.4. The lowest BCUT2D eigenvalue weighted by molar-refractivity contribution is 0.139. The summed E-state index contributed by atoms with van der Waals surface area (Å²) >= 11 is 0. The molecule has 118 valence electrons. The Balaban J connectivity index is 1.86. The molecule has 1 aliphatic rings. The van der Waals surface area contributed by atoms with Gasteiger partial charge in [-0.25, -0.2) is 0 Å². The molecule has 1 unspecified atom stereocenters. The third-order valence-electron chi connectivity index (χ3n) is 4.08. The van der Waals surface area contributed by atoms with Crippen LogP contribution in [0.15, 0.2) is 24.3 Å². The second-order valence-corrected chi connectivity index (χ2v) is 5.90. The van der Waals surface area contributed by atoms with E-state index in [0.29, 0.717) is 5.92 Å². The summed E-state index contributed by atoms with van der Waals surface area (Å²) in [6.07, 6.45) is 6.12. The highest BCUT2D eigenvalue weighted by Crippen LogP contribution is 2.24. The summed E-state index contributed by atoms with van der Waals surface area (Å²) in [5, 5.41) is 3.67. The van der Waals surface area contributed by atoms with Gasteiger partial charge in [0.1, 0.15) is 5.75 Å². The van der Waals surface area contributed by atoms with Gasteiger partial charge in [0, 0.05) is 19.3 Å². The predicted molar refractivity (Wildman–Crippen MR) is 86.9 cm³/mol. The second kappa shape index (κ2) is 9.06. The van der Waals surface area contributed by atoms with Crippen molar-refractivity contribution in [3.63, 3.8) is 0 Å². The quantitative estimate of drug-likeness (QED) is 0.634. The number of hydrogen-bond donors (Lipinski definition) is 1. The molecule has 1 saturated carbocycles. The zero-order chi connectivity index (χ0) is 14.9. The Morgan fingerprint density at radius 1 is 1.29 bits per heavy atom. The molecular formula is C18H29NO2. The van der Waals surface area contributed by atoms with E-state index in [1.807, 2.05) is 6.07 Å². The summed E-state index contributed by atoms with van der Waals surface area (Å²) in [5.74, 6) is 1.67. The molecule has 2 rings (SSSR count). The molecule has 0 heterocycles. The van der Waals surface area contributed by atoms with Gasteiger partial charge in [0.2, 0.25) is 0 Å². The van der Waals surface area contributed by atoms with Crippen LogP contribution in [0.4, 0.5) is 0 Å². The highest BCUT2D eigenvalue weighted by molar-refractivity contribution is 5.33. The van der Waals surface area contributed by atoms with Gasteiger partial charge < -0.3 is 14.8 Å². The standard InChI is InChI=1S/C18H29NO2/c1-3-21-12-6-7-15(14-19-17-10-11-17)13-16-8-4-5-9-18(16)20-2/h4-5,8-9,15,17,19H,3,6-7,10-14H2,1-2H3. The molecule has 0 saturated heterocycles. The molecule has 0 aliphatic heterocycles. The smallest absolute Gasteiger partial charge is 0.122 e. The van der Waals surface area contributed by atoms with E-state index in [4.69, 9.17) is 9.47 Å². The van der Waals surface area contributed by atoms with Crippen molar-refractivity contribution in [1.29, 1.82) is 0 Å². The molecule has 1 N–H and O–H groups in total. The van der Waals surface area contributed by atoms with E-state index in [-0.39, 0.29) is 0 Å². The zero-order valence-corrected chi connectivity index (χ0v) is 13.4. The van der Waals surface area contributed by atoms with Crippen molar-refractivity contribution in [2.75, 3.05) is 26.9 Å². The minimum atomic E-state index is 0.655. The first kappa shape index (κ1) is 16.3. The van der Waals surface area contributed by atoms with Crippen LogP contribution in [-0.4, -0.2) is 32.9 Å². The molecule has 3 nitrogen and oxygen atoms in total. The van der Waals surface area contributed by atoms with Crippen LogP contribution in [0.5, 0.6) is 5.75 Å². The molecule has 21 heavy (non-hydrogen) atoms. The number of rotatable bonds is 11. The topological polar surface area (TPSA) is 30.5 Å². The fraction of sp³-hybridized carbons (Fsp3) is 0.667. The van der Waals surface area contributed by atoms with Crippen LogP contribution in [-0.2, 0) is 11.2 Å². The number of para-hydroxylation sites is 1. The van der Waals surface area contributed by atoms with Crippen LogP contribution in [0.2, 0.25) is 0 Å². The SMILES string of the molecule is CCOCCCC(CNC1CC1)Cc1ccccc1OC. The number of ether oxygens (including phenoxy) is 2. The number of hydrogen-bond acceptors (Lipinski definition) is 3. The van der Waals surface area contributed by atoms with Crippen LogP contribution in [0.1, 0.15) is 38.2 Å². The fourth-order valence-electron chi connectivity index (χ4n) is 2.70. The van der Waals surface area contributed by atoms with Crippen LogP contribution in [0.3, 0.4) is 0 Å². The minimum absolute atomic E-state index is 0.655. The van der Waals surface area contributed by atoms with Gasteiger partial charge >= 0.3 is 0 Å². The maximum atomic E-state index is 5.48. The Bertz CT molecular complexity index is 404. The fourth-order valence-corrected chi connectivity index (χ4v) is 2.70. The van der Waals surface area contributed by atoms with Crippen molar-refractivity contribution in [2.45, 2.75) is 45.1 Å². The first-order valence-corrected chi connectivity index (χ1v) is 8.26. The van der Waals surface area contributed by atoms with E-state index in [9.17, 15) is 0 Å². The van der Waals surface area contributed by atoms with E-state index < -0.39 is 0 Å². The number of methoxy groups -OCH3 is 1. The third-order valence-corrected chi connectivity index (χ3v) is 4.08. The van der Waals surface area contributed by atoms with Crippen molar-refractivity contribution < 1.29 is 9.47 Å². The summed E-state index contributed by atoms with van der Waals surface area (Å²) in [6.45, 7) is 4.86. The molecule has 3 heteroatoms. The lowest BCUT2D eigenvalue weighted by Gasteiger charge is -2.19. The molecule has 0 spiro atoms. The largest absolute Gasteiger partial charge is 0.496 e. The average Bonchev–Trinajstić information content (AvgIpc) is 3.33. The predicted octanol–water partition coefficient (Wildman–Crippen LogP) is 3.42. The Morgan fingerprint density at radius 2 is 2.10 bits per heavy atom. The molecule has 1 aromatic rings. The summed E-state index contributed by atoms with van der Waals surface area (Å²) in [5.41, 5.74) is 1.32. The molecule has 1 fully saturated rings. The van der Waals surface area contributed by atoms with Gasteiger partial charge in [0.25, 0.3) is 0 Å². The monoisotopic (exact) mass is 291 g/mol. The van der Waals surface area contributed by atoms with Gasteiger partial charge in [0.05, 0.1) is 7.11 Å². The molecule has 1 atom stereocenters. The molecular weight excluding hydrogens is 262 g/mol. The van der Waals surface area contributed by atoms with Crippen molar-refractivity contribution in [1.82, 2.24) is 5.32 Å². The third kappa shape index (κ3) is 6.06. The maximum absolute atomic E-state index is 5.48. The van der Waals surface area contributed by atoms with Gasteiger partial charge in [-0.15, -0.1) is 0 Å². The van der Waals surface area contributed by atoms with Gasteiger partial charge in [-0.1, -0.05) is 18.2 Å².